The molecule has 1 aromatic heterocycles. The zero-order valence-electron chi connectivity index (χ0n) is 15.7. The van der Waals surface area contributed by atoms with Crippen molar-refractivity contribution in [3.05, 3.63) is 53.9 Å². The van der Waals surface area contributed by atoms with Crippen molar-refractivity contribution in [2.45, 2.75) is 17.4 Å². The Balaban J connectivity index is 1.80. The second kappa shape index (κ2) is 8.68. The van der Waals surface area contributed by atoms with E-state index in [0.29, 0.717) is 25.4 Å². The Kier molecular flexibility index (Phi) is 6.28. The molecular weight excluding hydrogens is 382 g/mol. The van der Waals surface area contributed by atoms with E-state index in [2.05, 4.69) is 15.0 Å². The van der Waals surface area contributed by atoms with Gasteiger partial charge in [-0.15, -0.1) is 0 Å². The number of pyridine rings is 1. The number of carbonyl (C=O) groups is 1. The van der Waals surface area contributed by atoms with Gasteiger partial charge >= 0.3 is 0 Å². The molecule has 0 spiro atoms. The second-order valence-electron chi connectivity index (χ2n) is 6.53. The van der Waals surface area contributed by atoms with E-state index in [9.17, 15) is 13.2 Å². The highest BCUT2D eigenvalue weighted by molar-refractivity contribution is 7.89. The van der Waals surface area contributed by atoms with Gasteiger partial charge in [-0.3, -0.25) is 9.78 Å². The molecule has 0 unspecified atom stereocenters. The van der Waals surface area contributed by atoms with Crippen molar-refractivity contribution in [1.29, 1.82) is 0 Å². The number of methoxy groups -OCH3 is 1. The number of benzene rings is 1. The Morgan fingerprint density at radius 2 is 2.00 bits per heavy atom. The molecule has 0 radical (unpaired) electrons. The van der Waals surface area contributed by atoms with Gasteiger partial charge in [0.1, 0.15) is 5.75 Å². The first-order valence-electron chi connectivity index (χ1n) is 8.83. The third-order valence-electron chi connectivity index (χ3n) is 4.71. The lowest BCUT2D eigenvalue weighted by atomic mass is 9.96. The third kappa shape index (κ3) is 4.49. The van der Waals surface area contributed by atoms with Gasteiger partial charge in [0.25, 0.3) is 5.91 Å². The Morgan fingerprint density at radius 1 is 1.25 bits per heavy atom. The minimum absolute atomic E-state index is 0.00135. The van der Waals surface area contributed by atoms with E-state index in [-0.39, 0.29) is 22.4 Å². The molecule has 28 heavy (non-hydrogen) atoms. The highest BCUT2D eigenvalue weighted by Crippen LogP contribution is 2.25. The van der Waals surface area contributed by atoms with Gasteiger partial charge in [0.05, 0.1) is 36.8 Å². The van der Waals surface area contributed by atoms with Gasteiger partial charge in [-0.1, -0.05) is 0 Å². The van der Waals surface area contributed by atoms with Gasteiger partial charge < -0.3 is 14.8 Å². The summed E-state index contributed by atoms with van der Waals surface area (Å²) in [5.74, 6) is -0.111. The average Bonchev–Trinajstić information content (AvgIpc) is 3.13. The van der Waals surface area contributed by atoms with E-state index in [4.69, 9.17) is 9.47 Å². The highest BCUT2D eigenvalue weighted by atomic mass is 32.2. The number of aromatic nitrogens is 1. The summed E-state index contributed by atoms with van der Waals surface area (Å²) >= 11 is 0. The predicted molar refractivity (Wildman–Crippen MR) is 103 cm³/mol. The number of nitrogens with one attached hydrogen (secondary N) is 2. The molecule has 9 heteroatoms. The van der Waals surface area contributed by atoms with Crippen molar-refractivity contribution < 1.29 is 22.7 Å². The molecule has 0 saturated carbocycles. The van der Waals surface area contributed by atoms with Crippen LogP contribution in [0.1, 0.15) is 15.9 Å². The molecule has 3 rings (SSSR count). The maximum absolute atomic E-state index is 12.9. The fourth-order valence-electron chi connectivity index (χ4n) is 3.19. The molecule has 2 aromatic rings. The lowest BCUT2D eigenvalue weighted by Crippen LogP contribution is -2.40. The maximum Gasteiger partial charge on any atom is 0.254 e. The van der Waals surface area contributed by atoms with Crippen LogP contribution < -0.4 is 14.8 Å². The molecule has 0 bridgehead atoms. The lowest BCUT2D eigenvalue weighted by molar-refractivity contribution is 0.0960. The van der Waals surface area contributed by atoms with Crippen LogP contribution in [-0.2, 0) is 21.2 Å². The van der Waals surface area contributed by atoms with Crippen LogP contribution in [0.5, 0.6) is 5.75 Å². The van der Waals surface area contributed by atoms with E-state index in [1.165, 1.54) is 32.4 Å². The SMILES string of the molecule is CNC(=O)c1cc(S(=O)(=O)N[C@H]2COC[C@H]2Cc2ccncc2)ccc1OC. The van der Waals surface area contributed by atoms with Crippen LogP contribution in [0.2, 0.25) is 0 Å². The average molecular weight is 405 g/mol. The first kappa shape index (κ1) is 20.2. The fourth-order valence-corrected chi connectivity index (χ4v) is 4.50. The standard InChI is InChI=1S/C19H23N3O5S/c1-20-19(23)16-10-15(3-4-18(16)26-2)28(24,25)22-17-12-27-11-14(17)9-13-5-7-21-8-6-13/h3-8,10,14,17,22H,9,11-12H2,1-2H3,(H,20,23)/t14-,17+/m1/s1. The summed E-state index contributed by atoms with van der Waals surface area (Å²) in [4.78, 5) is 16.0. The summed E-state index contributed by atoms with van der Waals surface area (Å²) < 4.78 is 39.2. The molecule has 1 saturated heterocycles. The second-order valence-corrected chi connectivity index (χ2v) is 8.24. The molecule has 150 valence electrons. The highest BCUT2D eigenvalue weighted by Gasteiger charge is 2.32. The van der Waals surface area contributed by atoms with Gasteiger partial charge in [0, 0.05) is 25.4 Å². The number of hydrogen-bond acceptors (Lipinski definition) is 6. The topological polar surface area (TPSA) is 107 Å². The molecule has 2 heterocycles. The molecule has 1 aliphatic heterocycles. The molecule has 2 N–H and O–H groups in total. The van der Waals surface area contributed by atoms with Gasteiger partial charge in [-0.25, -0.2) is 13.1 Å². The molecular formula is C19H23N3O5S. The van der Waals surface area contributed by atoms with Crippen LogP contribution >= 0.6 is 0 Å². The number of hydrogen-bond donors (Lipinski definition) is 2. The van der Waals surface area contributed by atoms with E-state index in [1.54, 1.807) is 12.4 Å². The number of nitrogens with zero attached hydrogens (tertiary/aromatic N) is 1. The molecule has 2 atom stereocenters. The Bertz CT molecular complexity index is 934. The molecule has 1 fully saturated rings. The molecule has 1 aliphatic rings. The maximum atomic E-state index is 12.9. The van der Waals surface area contributed by atoms with Crippen molar-refractivity contribution in [2.24, 2.45) is 5.92 Å². The number of amides is 1. The zero-order chi connectivity index (χ0) is 20.1. The normalized spacial score (nSPS) is 19.4. The third-order valence-corrected chi connectivity index (χ3v) is 6.19. The van der Waals surface area contributed by atoms with Crippen LogP contribution in [0.3, 0.4) is 0 Å². The molecule has 1 amide bonds. The number of carbonyl (C=O) groups excluding carboxylic acids is 1. The monoisotopic (exact) mass is 405 g/mol. The van der Waals surface area contributed by atoms with E-state index >= 15 is 0 Å². The van der Waals surface area contributed by atoms with Crippen LogP contribution in [0.25, 0.3) is 0 Å². The van der Waals surface area contributed by atoms with Gasteiger partial charge in [-0.05, 0) is 42.3 Å². The summed E-state index contributed by atoms with van der Waals surface area (Å²) in [7, 11) is -0.939. The summed E-state index contributed by atoms with van der Waals surface area (Å²) in [6, 6.07) is 7.66. The van der Waals surface area contributed by atoms with Gasteiger partial charge in [-0.2, -0.15) is 0 Å². The summed E-state index contributed by atoms with van der Waals surface area (Å²) in [5.41, 5.74) is 1.23. The summed E-state index contributed by atoms with van der Waals surface area (Å²) in [5, 5.41) is 2.48. The summed E-state index contributed by atoms with van der Waals surface area (Å²) in [6.45, 7) is 0.773. The first-order valence-corrected chi connectivity index (χ1v) is 10.3. The zero-order valence-corrected chi connectivity index (χ0v) is 16.5. The largest absolute Gasteiger partial charge is 0.496 e. The van der Waals surface area contributed by atoms with Gasteiger partial charge in [0.15, 0.2) is 0 Å². The van der Waals surface area contributed by atoms with Crippen molar-refractivity contribution in [3.63, 3.8) is 0 Å². The molecule has 0 aliphatic carbocycles. The number of rotatable bonds is 7. The van der Waals surface area contributed by atoms with Crippen LogP contribution in [0.15, 0.2) is 47.6 Å². The Hall–Kier alpha value is -2.49. The van der Waals surface area contributed by atoms with Crippen molar-refractivity contribution in [3.8, 4) is 5.75 Å². The predicted octanol–water partition coefficient (Wildman–Crippen LogP) is 0.986. The van der Waals surface area contributed by atoms with E-state index in [0.717, 1.165) is 5.56 Å². The van der Waals surface area contributed by atoms with Crippen molar-refractivity contribution >= 4 is 15.9 Å². The minimum Gasteiger partial charge on any atom is -0.496 e. The smallest absolute Gasteiger partial charge is 0.254 e. The van der Waals surface area contributed by atoms with Crippen LogP contribution in [0, 0.1) is 5.92 Å². The lowest BCUT2D eigenvalue weighted by Gasteiger charge is -2.19. The number of sulfonamides is 1. The molecule has 1 aromatic carbocycles. The fraction of sp³-hybridized carbons (Fsp3) is 0.368. The van der Waals surface area contributed by atoms with Crippen molar-refractivity contribution in [2.75, 3.05) is 27.4 Å². The van der Waals surface area contributed by atoms with Gasteiger partial charge in [0.2, 0.25) is 10.0 Å². The molecule has 8 nitrogen and oxygen atoms in total. The Labute approximate surface area is 164 Å². The number of ether oxygens (including phenoxy) is 2. The van der Waals surface area contributed by atoms with Crippen LogP contribution in [-0.4, -0.2) is 52.7 Å². The Morgan fingerprint density at radius 3 is 2.68 bits per heavy atom. The summed E-state index contributed by atoms with van der Waals surface area (Å²) in [6.07, 6.45) is 4.10. The first-order chi connectivity index (χ1) is 13.4. The minimum atomic E-state index is -3.84. The van der Waals surface area contributed by atoms with E-state index in [1.807, 2.05) is 12.1 Å². The van der Waals surface area contributed by atoms with Crippen molar-refractivity contribution in [1.82, 2.24) is 15.0 Å². The van der Waals surface area contributed by atoms with Crippen LogP contribution in [0.4, 0.5) is 0 Å². The quantitative estimate of drug-likeness (QED) is 0.711. The van der Waals surface area contributed by atoms with E-state index < -0.39 is 15.9 Å².